The fourth-order valence-corrected chi connectivity index (χ4v) is 13.8. The summed E-state index contributed by atoms with van der Waals surface area (Å²) in [5.41, 5.74) is 19.7. The monoisotopic (exact) mass is 1320 g/mol. The molecule has 2 aromatic carbocycles. The van der Waals surface area contributed by atoms with Crippen LogP contribution in [-0.4, -0.2) is 38.2 Å². The summed E-state index contributed by atoms with van der Waals surface area (Å²) >= 11 is 0. The van der Waals surface area contributed by atoms with Gasteiger partial charge in [0.1, 0.15) is 75.2 Å². The smallest absolute Gasteiger partial charge is 0.263 e. The van der Waals surface area contributed by atoms with Crippen molar-refractivity contribution in [3.8, 4) is 90.6 Å². The van der Waals surface area contributed by atoms with Crippen molar-refractivity contribution >= 4 is 22.1 Å². The molecule has 98 heavy (non-hydrogen) atoms. The van der Waals surface area contributed by atoms with Crippen LogP contribution in [0.25, 0.3) is 113 Å². The molecule has 0 fully saturated rings. The van der Waals surface area contributed by atoms with Gasteiger partial charge in [0.2, 0.25) is 46.6 Å². The lowest BCUT2D eigenvalue weighted by Crippen LogP contribution is -2.32. The van der Waals surface area contributed by atoms with E-state index in [9.17, 15) is 17.6 Å². The highest BCUT2D eigenvalue weighted by molar-refractivity contribution is 5.81. The van der Waals surface area contributed by atoms with Crippen LogP contribution < -0.4 is 36.5 Å². The highest BCUT2D eigenvalue weighted by Crippen LogP contribution is 2.37. The highest BCUT2D eigenvalue weighted by atomic mass is 19.1. The van der Waals surface area contributed by atoms with Crippen LogP contribution in [0.5, 0.6) is 0 Å². The Hall–Kier alpha value is -11.3. The molecular formula is C78H84F4N16+8. The molecule has 14 rings (SSSR count). The molecule has 0 N–H and O–H groups in total. The first-order chi connectivity index (χ1) is 46.8. The lowest BCUT2D eigenvalue weighted by atomic mass is 9.96. The maximum Gasteiger partial charge on any atom is 0.294 e. The lowest BCUT2D eigenvalue weighted by Gasteiger charge is -2.13. The van der Waals surface area contributed by atoms with Gasteiger partial charge < -0.3 is 0 Å². The normalized spacial score (nSPS) is 11.2. The molecule has 0 aliphatic carbocycles. The minimum absolute atomic E-state index is 0.302. The number of halogens is 4. The Morgan fingerprint density at radius 1 is 0.316 bits per heavy atom. The van der Waals surface area contributed by atoms with Crippen molar-refractivity contribution < 1.29 is 54.1 Å². The summed E-state index contributed by atoms with van der Waals surface area (Å²) in [5.74, 6) is 0.373. The Balaban J connectivity index is 0.000000133. The van der Waals surface area contributed by atoms with Crippen LogP contribution in [0.15, 0.2) is 183 Å². The van der Waals surface area contributed by atoms with E-state index in [0.29, 0.717) is 56.4 Å². The summed E-state index contributed by atoms with van der Waals surface area (Å²) in [6.45, 7) is 12.0. The van der Waals surface area contributed by atoms with Crippen molar-refractivity contribution in [1.82, 2.24) is 38.2 Å². The van der Waals surface area contributed by atoms with Gasteiger partial charge in [-0.1, -0.05) is 24.3 Å². The van der Waals surface area contributed by atoms with Gasteiger partial charge in [-0.3, -0.25) is 9.97 Å². The van der Waals surface area contributed by atoms with Crippen molar-refractivity contribution in [1.29, 1.82) is 0 Å². The summed E-state index contributed by atoms with van der Waals surface area (Å²) in [5, 5.41) is 0. The molecule has 0 spiro atoms. The first-order valence-corrected chi connectivity index (χ1v) is 32.2. The number of imidazole rings is 4. The van der Waals surface area contributed by atoms with E-state index in [1.807, 2.05) is 149 Å². The Labute approximate surface area is 569 Å². The summed E-state index contributed by atoms with van der Waals surface area (Å²) < 4.78 is 82.5. The van der Waals surface area contributed by atoms with Crippen molar-refractivity contribution in [3.63, 3.8) is 0 Å². The van der Waals surface area contributed by atoms with Crippen LogP contribution in [-0.2, 0) is 84.6 Å². The molecule has 0 saturated heterocycles. The van der Waals surface area contributed by atoms with Gasteiger partial charge in [0.15, 0.2) is 46.9 Å². The van der Waals surface area contributed by atoms with E-state index in [2.05, 4.69) is 186 Å². The van der Waals surface area contributed by atoms with Crippen LogP contribution in [0.4, 0.5) is 17.6 Å². The van der Waals surface area contributed by atoms with Gasteiger partial charge in [-0.05, 0) is 112 Å². The summed E-state index contributed by atoms with van der Waals surface area (Å²) in [6, 6.07) is 39.8. The molecule has 496 valence electrons. The van der Waals surface area contributed by atoms with Crippen LogP contribution in [0.3, 0.4) is 0 Å². The number of hydrogen-bond acceptors (Lipinski definition) is 4. The Morgan fingerprint density at radius 3 is 1.09 bits per heavy atom. The van der Waals surface area contributed by atoms with Gasteiger partial charge in [0.25, 0.3) is 23.3 Å². The van der Waals surface area contributed by atoms with E-state index in [1.54, 1.807) is 44.2 Å². The molecule has 16 nitrogen and oxygen atoms in total. The topological polar surface area (TPSA) is 102 Å². The first kappa shape index (κ1) is 68.1. The maximum atomic E-state index is 14.9. The van der Waals surface area contributed by atoms with Crippen LogP contribution in [0.2, 0.25) is 0 Å². The Kier molecular flexibility index (Phi) is 19.3. The van der Waals surface area contributed by atoms with Gasteiger partial charge in [0, 0.05) is 60.9 Å². The van der Waals surface area contributed by atoms with Gasteiger partial charge in [0.05, 0.1) is 90.0 Å². The first-order valence-electron chi connectivity index (χ1n) is 32.2. The van der Waals surface area contributed by atoms with Gasteiger partial charge in [-0.2, -0.15) is 27.5 Å². The largest absolute Gasteiger partial charge is 0.294 e. The predicted molar refractivity (Wildman–Crippen MR) is 369 cm³/mol. The van der Waals surface area contributed by atoms with Crippen molar-refractivity contribution in [2.45, 2.75) is 41.5 Å². The number of pyridine rings is 8. The second kappa shape index (κ2) is 27.8. The number of nitrogens with zero attached hydrogens (tertiary/aromatic N) is 16. The van der Waals surface area contributed by atoms with Crippen molar-refractivity contribution in [2.75, 3.05) is 0 Å². The zero-order valence-electron chi connectivity index (χ0n) is 59.0. The standard InChI is InChI=1S/C21H20F2N4.C21H22N4.C19H24N4.C17H18F2N4/c1-13-17(16-11-7-8-12-25(16)2)19(22)24-20(23)18(13)21-26(3)14-9-5-6-10-15(14)27(21)4;1-15-16(18-9-7-8-12-23(18)2)13-22-14-17(15)21-24(3)19-10-5-6-11-20(19)25(21)4;1-13-17(16-9-7-8-10-21(16)4)14(2)20-15(3)18(13)19-22(5)11-12-23(19)6;1-11-13(12-7-5-6-8-21(12)2)15(18)20-16(19)14(11)17-22(3)9-10-23(17)4/h5-12H,1-4H3;5-14H,1-4H3;7-12H,1-6H3;5-10H,1-4H3/q4*+2. The molecule has 14 aromatic rings. The molecule has 0 bridgehead atoms. The number of rotatable bonds is 8. The van der Waals surface area contributed by atoms with Crippen molar-refractivity contribution in [3.05, 3.63) is 241 Å². The van der Waals surface area contributed by atoms with E-state index < -0.39 is 23.8 Å². The Bertz CT molecular complexity index is 5140. The summed E-state index contributed by atoms with van der Waals surface area (Å²) in [6.07, 6.45) is 19.5. The number of aromatic nitrogens is 16. The average molecular weight is 1320 g/mol. The molecule has 0 atom stereocenters. The highest BCUT2D eigenvalue weighted by Gasteiger charge is 2.34. The number of benzene rings is 2. The number of aryl methyl sites for hydroxylation is 14. The summed E-state index contributed by atoms with van der Waals surface area (Å²) in [7, 11) is 23.6. The maximum absolute atomic E-state index is 14.9. The number of fused-ring (bicyclic) bond motifs is 2. The third-order valence-electron chi connectivity index (χ3n) is 18.8. The molecule has 20 heteroatoms. The lowest BCUT2D eigenvalue weighted by molar-refractivity contribution is -0.660. The van der Waals surface area contributed by atoms with E-state index in [0.717, 1.165) is 45.1 Å². The molecule has 12 aromatic heterocycles. The average Bonchev–Trinajstić information content (AvgIpc) is 1.62. The molecule has 0 radical (unpaired) electrons. The second-order valence-electron chi connectivity index (χ2n) is 25.0. The zero-order valence-corrected chi connectivity index (χ0v) is 59.0. The Morgan fingerprint density at radius 2 is 0.663 bits per heavy atom. The van der Waals surface area contributed by atoms with Gasteiger partial charge in [-0.25, -0.2) is 54.8 Å². The fourth-order valence-electron chi connectivity index (χ4n) is 13.8. The number of hydrogen-bond donors (Lipinski definition) is 0. The molecule has 0 saturated carbocycles. The zero-order chi connectivity index (χ0) is 70.3. The third-order valence-corrected chi connectivity index (χ3v) is 18.8. The van der Waals surface area contributed by atoms with E-state index >= 15 is 0 Å². The molecule has 0 aliphatic heterocycles. The van der Waals surface area contributed by atoms with E-state index in [1.165, 1.54) is 44.8 Å². The predicted octanol–water partition coefficient (Wildman–Crippen LogP) is 10.3. The van der Waals surface area contributed by atoms with E-state index in [-0.39, 0.29) is 0 Å². The van der Waals surface area contributed by atoms with Gasteiger partial charge >= 0.3 is 0 Å². The van der Waals surface area contributed by atoms with Crippen LogP contribution in [0, 0.1) is 65.3 Å². The van der Waals surface area contributed by atoms with Gasteiger partial charge in [-0.15, -0.1) is 0 Å². The number of para-hydroxylation sites is 4. The second-order valence-corrected chi connectivity index (χ2v) is 25.0. The molecule has 0 aliphatic rings. The van der Waals surface area contributed by atoms with Crippen molar-refractivity contribution in [2.24, 2.45) is 84.6 Å². The SMILES string of the molecule is Cc1c(-c2cccc[n+]2C)c(F)nc(F)c1-c1n(C)c2ccccc2[n+]1C.Cc1c(-c2cccc[n+]2C)c(F)nc(F)c1-c1n(C)cc[n+]1C.Cc1c(-c2cccc[n+]2C)cncc1-c1n(C)c2ccccc2[n+]1C.Cc1nc(C)c(-c2n(C)cc[n+]2C)c(C)c1-c1cccc[n+]1C. The fraction of sp³-hybridized carbons (Fsp3) is 0.231. The van der Waals surface area contributed by atoms with Crippen LogP contribution >= 0.6 is 0 Å². The van der Waals surface area contributed by atoms with Crippen LogP contribution in [0.1, 0.15) is 33.6 Å². The van der Waals surface area contributed by atoms with E-state index in [4.69, 9.17) is 4.98 Å². The minimum atomic E-state index is -0.811. The summed E-state index contributed by atoms with van der Waals surface area (Å²) in [4.78, 5) is 16.5. The third kappa shape index (κ3) is 12.4. The molecular weight excluding hydrogens is 1240 g/mol. The molecule has 12 heterocycles. The molecule has 0 amide bonds. The quantitative estimate of drug-likeness (QED) is 0.0859. The minimum Gasteiger partial charge on any atom is -0.263 e. The molecule has 0 unspecified atom stereocenters.